The minimum atomic E-state index is 0. The third kappa shape index (κ3) is 2.65. The summed E-state index contributed by atoms with van der Waals surface area (Å²) in [6.45, 7) is 6.88. The second-order valence-electron chi connectivity index (χ2n) is 3.16. The van der Waals surface area contributed by atoms with Gasteiger partial charge < -0.3 is 18.3 Å². The molecule has 0 aromatic carbocycles. The summed E-state index contributed by atoms with van der Waals surface area (Å²) in [7, 11) is 0. The molecule has 0 aromatic rings. The summed E-state index contributed by atoms with van der Waals surface area (Å²) in [5.41, 5.74) is 0.597. The molecular formula is C7H13ClMg. The second-order valence-corrected chi connectivity index (χ2v) is 3.16. The van der Waals surface area contributed by atoms with E-state index in [1.54, 1.807) is 5.92 Å². The van der Waals surface area contributed by atoms with Crippen molar-refractivity contribution in [3.63, 3.8) is 0 Å². The van der Waals surface area contributed by atoms with E-state index in [0.717, 1.165) is 0 Å². The molecule has 0 atom stereocenters. The van der Waals surface area contributed by atoms with Gasteiger partial charge in [-0.1, -0.05) is 13.8 Å². The standard InChI is InChI=1S/C7H13.ClH.Mg/c1-6-4-5-7(6,2)3;;/h4-5H2,1-3H3;1H;/q-1;;+2/p-1. The summed E-state index contributed by atoms with van der Waals surface area (Å²) < 4.78 is 0. The molecule has 0 aromatic heterocycles. The number of hydrogen-bond acceptors (Lipinski definition) is 0. The van der Waals surface area contributed by atoms with E-state index in [1.165, 1.54) is 12.8 Å². The van der Waals surface area contributed by atoms with E-state index < -0.39 is 0 Å². The summed E-state index contributed by atoms with van der Waals surface area (Å²) in [5, 5.41) is 0. The average molecular weight is 157 g/mol. The van der Waals surface area contributed by atoms with Crippen LogP contribution in [0, 0.1) is 11.3 Å². The van der Waals surface area contributed by atoms with Crippen LogP contribution in [0.1, 0.15) is 33.6 Å². The van der Waals surface area contributed by atoms with Crippen LogP contribution in [0.3, 0.4) is 0 Å². The molecule has 1 aliphatic carbocycles. The zero-order valence-corrected chi connectivity index (χ0v) is 8.67. The Morgan fingerprint density at radius 3 is 1.67 bits per heavy atom. The van der Waals surface area contributed by atoms with Crippen molar-refractivity contribution in [3.05, 3.63) is 5.92 Å². The molecule has 50 valence electrons. The van der Waals surface area contributed by atoms with Crippen LogP contribution < -0.4 is 12.4 Å². The molecule has 0 bridgehead atoms. The minimum absolute atomic E-state index is 0. The Kier molecular flexibility index (Phi) is 5.71. The topological polar surface area (TPSA) is 0 Å². The molecule has 0 saturated heterocycles. The van der Waals surface area contributed by atoms with E-state index >= 15 is 0 Å². The van der Waals surface area contributed by atoms with Crippen LogP contribution >= 0.6 is 0 Å². The van der Waals surface area contributed by atoms with Crippen molar-refractivity contribution in [1.29, 1.82) is 0 Å². The fraction of sp³-hybridized carbons (Fsp3) is 0.857. The van der Waals surface area contributed by atoms with Crippen LogP contribution in [0.15, 0.2) is 0 Å². The first-order valence-corrected chi connectivity index (χ1v) is 2.96. The average Bonchev–Trinajstić information content (AvgIpc) is 1.63. The summed E-state index contributed by atoms with van der Waals surface area (Å²) in [6, 6.07) is 0. The minimum Gasteiger partial charge on any atom is -1.00 e. The first kappa shape index (κ1) is 12.7. The molecule has 0 unspecified atom stereocenters. The zero-order valence-electron chi connectivity index (χ0n) is 6.50. The summed E-state index contributed by atoms with van der Waals surface area (Å²) >= 11 is 0. The van der Waals surface area contributed by atoms with E-state index in [-0.39, 0.29) is 35.5 Å². The van der Waals surface area contributed by atoms with Gasteiger partial charge in [0, 0.05) is 0 Å². The zero-order chi connectivity index (χ0) is 5.49. The summed E-state index contributed by atoms with van der Waals surface area (Å²) in [6.07, 6.45) is 2.77. The molecule has 9 heavy (non-hydrogen) atoms. The van der Waals surface area contributed by atoms with Gasteiger partial charge in [0.15, 0.2) is 0 Å². The maximum atomic E-state index is 2.31. The van der Waals surface area contributed by atoms with Crippen molar-refractivity contribution >= 4 is 23.1 Å². The third-order valence-electron chi connectivity index (χ3n) is 2.28. The molecule has 0 amide bonds. The molecule has 1 saturated carbocycles. The quantitative estimate of drug-likeness (QED) is 0.313. The van der Waals surface area contributed by atoms with Gasteiger partial charge in [-0.25, -0.2) is 0 Å². The maximum Gasteiger partial charge on any atom is 2.00 e. The van der Waals surface area contributed by atoms with Crippen LogP contribution in [0.25, 0.3) is 0 Å². The van der Waals surface area contributed by atoms with E-state index in [1.807, 2.05) is 0 Å². The number of halogens is 1. The van der Waals surface area contributed by atoms with Crippen molar-refractivity contribution in [3.8, 4) is 0 Å². The fourth-order valence-electron chi connectivity index (χ4n) is 0.875. The molecule has 2 heteroatoms. The van der Waals surface area contributed by atoms with Crippen LogP contribution in [0.5, 0.6) is 0 Å². The van der Waals surface area contributed by atoms with Gasteiger partial charge in [0.1, 0.15) is 0 Å². The predicted octanol–water partition coefficient (Wildman–Crippen LogP) is -0.976. The molecule has 0 N–H and O–H groups in total. The van der Waals surface area contributed by atoms with E-state index in [4.69, 9.17) is 0 Å². The SMILES string of the molecule is C[C-]1CCC1(C)C.[Cl-].[Mg+2]. The molecule has 1 rings (SSSR count). The Bertz CT molecular complexity index is 81.0. The van der Waals surface area contributed by atoms with Gasteiger partial charge in [-0.2, -0.15) is 18.8 Å². The van der Waals surface area contributed by atoms with Crippen LogP contribution in [-0.4, -0.2) is 23.1 Å². The second kappa shape index (κ2) is 4.04. The van der Waals surface area contributed by atoms with Crippen molar-refractivity contribution in [2.75, 3.05) is 0 Å². The van der Waals surface area contributed by atoms with Gasteiger partial charge in [0.25, 0.3) is 0 Å². The first-order valence-electron chi connectivity index (χ1n) is 2.96. The normalized spacial score (nSPS) is 23.0. The van der Waals surface area contributed by atoms with Crippen LogP contribution in [0.4, 0.5) is 0 Å². The van der Waals surface area contributed by atoms with Crippen molar-refractivity contribution in [2.45, 2.75) is 33.6 Å². The van der Waals surface area contributed by atoms with Crippen molar-refractivity contribution < 1.29 is 12.4 Å². The molecule has 0 radical (unpaired) electrons. The Morgan fingerprint density at radius 1 is 1.33 bits per heavy atom. The monoisotopic (exact) mass is 156 g/mol. The van der Waals surface area contributed by atoms with Gasteiger partial charge in [0.2, 0.25) is 0 Å². The van der Waals surface area contributed by atoms with Gasteiger partial charge in [-0.3, -0.25) is 0 Å². The van der Waals surface area contributed by atoms with Gasteiger partial charge in [0.05, 0.1) is 0 Å². The Labute approximate surface area is 80.3 Å². The molecule has 0 spiro atoms. The van der Waals surface area contributed by atoms with Gasteiger partial charge in [-0.05, 0) is 0 Å². The van der Waals surface area contributed by atoms with E-state index in [0.29, 0.717) is 5.41 Å². The van der Waals surface area contributed by atoms with E-state index in [2.05, 4.69) is 20.8 Å². The van der Waals surface area contributed by atoms with Gasteiger partial charge >= 0.3 is 23.1 Å². The molecular weight excluding hydrogens is 144 g/mol. The molecule has 1 fully saturated rings. The Hall–Kier alpha value is 1.06. The Morgan fingerprint density at radius 2 is 1.67 bits per heavy atom. The largest absolute Gasteiger partial charge is 2.00 e. The number of rotatable bonds is 0. The predicted molar refractivity (Wildman–Crippen MR) is 37.7 cm³/mol. The van der Waals surface area contributed by atoms with Crippen molar-refractivity contribution in [2.24, 2.45) is 5.41 Å². The molecule has 0 aliphatic heterocycles. The van der Waals surface area contributed by atoms with Crippen LogP contribution in [0.2, 0.25) is 0 Å². The van der Waals surface area contributed by atoms with Crippen molar-refractivity contribution in [1.82, 2.24) is 0 Å². The van der Waals surface area contributed by atoms with Crippen LogP contribution in [-0.2, 0) is 0 Å². The molecule has 0 heterocycles. The number of hydrogen-bond donors (Lipinski definition) is 0. The maximum absolute atomic E-state index is 2.31. The molecule has 1 aliphatic rings. The fourth-order valence-corrected chi connectivity index (χ4v) is 0.875. The first-order chi connectivity index (χ1) is 3.13. The van der Waals surface area contributed by atoms with Gasteiger partial charge in [-0.15, -0.1) is 6.42 Å². The molecule has 0 nitrogen and oxygen atoms in total. The third-order valence-corrected chi connectivity index (χ3v) is 2.28. The Balaban J connectivity index is 0. The smallest absolute Gasteiger partial charge is 1.00 e. The van der Waals surface area contributed by atoms with E-state index in [9.17, 15) is 0 Å². The summed E-state index contributed by atoms with van der Waals surface area (Å²) in [4.78, 5) is 0. The summed E-state index contributed by atoms with van der Waals surface area (Å²) in [5.74, 6) is 1.67.